The molecular formula is C21H22N4O2S2. The van der Waals surface area contributed by atoms with Gasteiger partial charge in [-0.15, -0.1) is 10.2 Å². The third-order valence-corrected chi connectivity index (χ3v) is 6.39. The van der Waals surface area contributed by atoms with E-state index in [4.69, 9.17) is 0 Å². The normalized spacial score (nSPS) is 11.7. The summed E-state index contributed by atoms with van der Waals surface area (Å²) in [5.41, 5.74) is 4.67. The lowest BCUT2D eigenvalue weighted by Crippen LogP contribution is -2.22. The van der Waals surface area contributed by atoms with Crippen molar-refractivity contribution in [2.24, 2.45) is 0 Å². The Bertz CT molecular complexity index is 1030. The second-order valence-corrected chi connectivity index (χ2v) is 9.25. The van der Waals surface area contributed by atoms with Gasteiger partial charge < -0.3 is 10.6 Å². The number of aryl methyl sites for hydroxylation is 2. The van der Waals surface area contributed by atoms with E-state index in [0.29, 0.717) is 20.7 Å². The number of ketones is 1. The number of thioether (sulfide) groups is 1. The molecule has 150 valence electrons. The maximum absolute atomic E-state index is 12.4. The lowest BCUT2D eigenvalue weighted by atomic mass is 10.1. The Hall–Kier alpha value is -2.71. The quantitative estimate of drug-likeness (QED) is 0.398. The third-order valence-electron chi connectivity index (χ3n) is 4.37. The number of hydrogen-bond donors (Lipinski definition) is 2. The van der Waals surface area contributed by atoms with Crippen LogP contribution in [0.1, 0.15) is 35.3 Å². The molecule has 3 aromatic rings. The summed E-state index contributed by atoms with van der Waals surface area (Å²) in [5.74, 6) is -0.141. The molecule has 0 spiro atoms. The molecule has 1 heterocycles. The number of rotatable bonds is 7. The van der Waals surface area contributed by atoms with Crippen molar-refractivity contribution in [3.8, 4) is 0 Å². The van der Waals surface area contributed by atoms with Crippen LogP contribution in [0.2, 0.25) is 0 Å². The molecule has 0 saturated heterocycles. The molecule has 2 N–H and O–H groups in total. The highest BCUT2D eigenvalue weighted by Gasteiger charge is 2.17. The van der Waals surface area contributed by atoms with E-state index in [0.717, 1.165) is 5.69 Å². The highest BCUT2D eigenvalue weighted by atomic mass is 32.2. The summed E-state index contributed by atoms with van der Waals surface area (Å²) in [6.07, 6.45) is 0. The summed E-state index contributed by atoms with van der Waals surface area (Å²) < 4.78 is 0.714. The van der Waals surface area contributed by atoms with Crippen LogP contribution in [0.5, 0.6) is 0 Å². The molecule has 0 aliphatic carbocycles. The zero-order chi connectivity index (χ0) is 21.0. The first-order valence-corrected chi connectivity index (χ1v) is 10.8. The Morgan fingerprint density at radius 1 is 1.00 bits per heavy atom. The molecule has 1 amide bonds. The van der Waals surface area contributed by atoms with Crippen molar-refractivity contribution in [2.75, 3.05) is 10.6 Å². The topological polar surface area (TPSA) is 84.0 Å². The molecule has 0 aliphatic rings. The zero-order valence-electron chi connectivity index (χ0n) is 16.6. The average Bonchev–Trinajstić information content (AvgIpc) is 3.12. The minimum absolute atomic E-state index is 0.00622. The number of carbonyl (C=O) groups is 2. The number of Topliss-reactive ketones (excluding diaryl/α,β-unsaturated/α-hetero) is 1. The van der Waals surface area contributed by atoms with Gasteiger partial charge in [-0.3, -0.25) is 9.59 Å². The molecule has 6 nitrogen and oxygen atoms in total. The summed E-state index contributed by atoms with van der Waals surface area (Å²) in [7, 11) is 0. The van der Waals surface area contributed by atoms with Gasteiger partial charge in [0.05, 0.1) is 5.25 Å². The van der Waals surface area contributed by atoms with Gasteiger partial charge in [0, 0.05) is 16.9 Å². The van der Waals surface area contributed by atoms with Crippen LogP contribution in [0.3, 0.4) is 0 Å². The summed E-state index contributed by atoms with van der Waals surface area (Å²) in [6, 6.07) is 13.0. The van der Waals surface area contributed by atoms with Gasteiger partial charge in [-0.1, -0.05) is 29.2 Å². The minimum Gasteiger partial charge on any atom is -0.330 e. The number of aromatic nitrogens is 2. The van der Waals surface area contributed by atoms with Crippen LogP contribution in [0.4, 0.5) is 16.5 Å². The second kappa shape index (κ2) is 9.19. The number of amides is 1. The monoisotopic (exact) mass is 426 g/mol. The number of hydrogen-bond acceptors (Lipinski definition) is 7. The fraction of sp³-hybridized carbons (Fsp3) is 0.238. The van der Waals surface area contributed by atoms with Crippen LogP contribution >= 0.6 is 23.1 Å². The molecule has 29 heavy (non-hydrogen) atoms. The maximum atomic E-state index is 12.4. The Labute approximate surface area is 178 Å². The van der Waals surface area contributed by atoms with Gasteiger partial charge in [-0.2, -0.15) is 0 Å². The fourth-order valence-electron chi connectivity index (χ4n) is 2.49. The van der Waals surface area contributed by atoms with E-state index in [1.807, 2.05) is 13.0 Å². The van der Waals surface area contributed by atoms with Crippen molar-refractivity contribution in [1.29, 1.82) is 0 Å². The highest BCUT2D eigenvalue weighted by molar-refractivity contribution is 8.02. The Balaban J connectivity index is 1.57. The number of benzene rings is 2. The predicted molar refractivity (Wildman–Crippen MR) is 120 cm³/mol. The van der Waals surface area contributed by atoms with Crippen LogP contribution < -0.4 is 10.6 Å². The predicted octanol–water partition coefficient (Wildman–Crippen LogP) is 5.22. The summed E-state index contributed by atoms with van der Waals surface area (Å²) in [5, 5.41) is 14.8. The van der Waals surface area contributed by atoms with E-state index in [9.17, 15) is 9.59 Å². The van der Waals surface area contributed by atoms with Gasteiger partial charge in [0.15, 0.2) is 10.1 Å². The first-order chi connectivity index (χ1) is 13.8. The van der Waals surface area contributed by atoms with Crippen molar-refractivity contribution in [1.82, 2.24) is 10.2 Å². The van der Waals surface area contributed by atoms with E-state index >= 15 is 0 Å². The third kappa shape index (κ3) is 5.65. The minimum atomic E-state index is -0.343. The first kappa shape index (κ1) is 21.0. The fourth-order valence-corrected chi connectivity index (χ4v) is 4.40. The standard InChI is InChI=1S/C21H22N4O2S2/c1-12-5-8-18(11-13(12)2)23-20-24-25-21(29-20)28-15(4)19(27)22-17-9-6-16(7-10-17)14(3)26/h5-11,15H,1-4H3,(H,22,27)(H,23,24). The van der Waals surface area contributed by atoms with Crippen LogP contribution in [-0.2, 0) is 4.79 Å². The molecular weight excluding hydrogens is 404 g/mol. The summed E-state index contributed by atoms with van der Waals surface area (Å²) >= 11 is 2.76. The average molecular weight is 427 g/mol. The molecule has 0 bridgehead atoms. The largest absolute Gasteiger partial charge is 0.330 e. The molecule has 1 unspecified atom stereocenters. The molecule has 3 rings (SSSR count). The van der Waals surface area contributed by atoms with Gasteiger partial charge in [0.1, 0.15) is 0 Å². The van der Waals surface area contributed by atoms with E-state index in [1.54, 1.807) is 24.3 Å². The van der Waals surface area contributed by atoms with E-state index in [2.05, 4.69) is 46.8 Å². The summed E-state index contributed by atoms with van der Waals surface area (Å²) in [4.78, 5) is 23.8. The van der Waals surface area contributed by atoms with Crippen LogP contribution in [0, 0.1) is 13.8 Å². The SMILES string of the molecule is CC(=O)c1ccc(NC(=O)C(C)Sc2nnc(Nc3ccc(C)c(C)c3)s2)cc1. The lowest BCUT2D eigenvalue weighted by molar-refractivity contribution is -0.115. The van der Waals surface area contributed by atoms with Crippen molar-refractivity contribution >= 4 is 51.3 Å². The number of nitrogens with one attached hydrogen (secondary N) is 2. The van der Waals surface area contributed by atoms with Gasteiger partial charge in [0.2, 0.25) is 11.0 Å². The molecule has 0 fully saturated rings. The Kier molecular flexibility index (Phi) is 6.66. The van der Waals surface area contributed by atoms with E-state index in [-0.39, 0.29) is 16.9 Å². The Morgan fingerprint density at radius 3 is 2.34 bits per heavy atom. The van der Waals surface area contributed by atoms with Gasteiger partial charge >= 0.3 is 0 Å². The van der Waals surface area contributed by atoms with Gasteiger partial charge in [-0.05, 0) is 75.2 Å². The zero-order valence-corrected chi connectivity index (χ0v) is 18.3. The highest BCUT2D eigenvalue weighted by Crippen LogP contribution is 2.31. The molecule has 1 aromatic heterocycles. The maximum Gasteiger partial charge on any atom is 0.237 e. The number of nitrogens with zero attached hydrogens (tertiary/aromatic N) is 2. The summed E-state index contributed by atoms with van der Waals surface area (Å²) in [6.45, 7) is 7.47. The molecule has 0 radical (unpaired) electrons. The van der Waals surface area contributed by atoms with Crippen LogP contribution in [0.15, 0.2) is 46.8 Å². The smallest absolute Gasteiger partial charge is 0.237 e. The number of carbonyl (C=O) groups excluding carboxylic acids is 2. The van der Waals surface area contributed by atoms with E-state index < -0.39 is 0 Å². The first-order valence-electron chi connectivity index (χ1n) is 9.08. The van der Waals surface area contributed by atoms with Crippen LogP contribution in [0.25, 0.3) is 0 Å². The molecule has 0 saturated carbocycles. The Morgan fingerprint density at radius 2 is 1.69 bits per heavy atom. The van der Waals surface area contributed by atoms with Crippen LogP contribution in [-0.4, -0.2) is 27.1 Å². The van der Waals surface area contributed by atoms with Crippen molar-refractivity contribution in [3.05, 3.63) is 59.2 Å². The number of anilines is 3. The molecule has 2 aromatic carbocycles. The van der Waals surface area contributed by atoms with E-state index in [1.165, 1.54) is 41.1 Å². The second-order valence-electron chi connectivity index (χ2n) is 6.68. The van der Waals surface area contributed by atoms with Crippen molar-refractivity contribution in [2.45, 2.75) is 37.3 Å². The molecule has 1 atom stereocenters. The van der Waals surface area contributed by atoms with Crippen molar-refractivity contribution < 1.29 is 9.59 Å². The van der Waals surface area contributed by atoms with Gasteiger partial charge in [0.25, 0.3) is 0 Å². The van der Waals surface area contributed by atoms with Gasteiger partial charge in [-0.25, -0.2) is 0 Å². The molecule has 8 heteroatoms. The van der Waals surface area contributed by atoms with Crippen molar-refractivity contribution in [3.63, 3.8) is 0 Å². The lowest BCUT2D eigenvalue weighted by Gasteiger charge is -2.10. The molecule has 0 aliphatic heterocycles.